The van der Waals surface area contributed by atoms with Crippen LogP contribution >= 0.6 is 0 Å². The molecule has 1 aromatic heterocycles. The summed E-state index contributed by atoms with van der Waals surface area (Å²) < 4.78 is 18.2. The topological polar surface area (TPSA) is 43.1 Å². The Morgan fingerprint density at radius 3 is 2.75 bits per heavy atom. The van der Waals surface area contributed by atoms with Gasteiger partial charge in [0.15, 0.2) is 17.9 Å². The Kier molecular flexibility index (Phi) is 2.56. The van der Waals surface area contributed by atoms with Crippen molar-refractivity contribution < 1.29 is 13.6 Å². The molecule has 0 bridgehead atoms. The molecule has 0 amide bonds. The maximum Gasteiger partial charge on any atom is 0.195 e. The molecule has 1 aromatic carbocycles. The molecule has 0 unspecified atom stereocenters. The molecule has 1 heterocycles. The number of rotatable bonds is 2. The van der Waals surface area contributed by atoms with E-state index in [0.717, 1.165) is 0 Å². The molecule has 0 saturated carbocycles. The summed E-state index contributed by atoms with van der Waals surface area (Å²) in [6.07, 6.45) is 0.605. The molecule has 0 aliphatic carbocycles. The molecule has 16 heavy (non-hydrogen) atoms. The van der Waals surface area contributed by atoms with E-state index in [9.17, 15) is 9.18 Å². The van der Waals surface area contributed by atoms with Crippen molar-refractivity contribution in [1.29, 1.82) is 0 Å². The van der Waals surface area contributed by atoms with Crippen molar-refractivity contribution in [3.05, 3.63) is 41.2 Å². The number of hydrogen-bond acceptors (Lipinski definition) is 3. The van der Waals surface area contributed by atoms with E-state index >= 15 is 0 Å². The number of halogens is 1. The molecule has 0 spiro atoms. The minimum Gasteiger partial charge on any atom is -0.438 e. The number of oxazole rings is 1. The minimum atomic E-state index is -0.281. The number of aryl methyl sites for hydroxylation is 2. The Morgan fingerprint density at radius 1 is 1.38 bits per heavy atom. The fourth-order valence-electron chi connectivity index (χ4n) is 1.52. The average molecular weight is 219 g/mol. The first kappa shape index (κ1) is 10.5. The lowest BCUT2D eigenvalue weighted by Gasteiger charge is -2.00. The maximum absolute atomic E-state index is 13.1. The van der Waals surface area contributed by atoms with Gasteiger partial charge in [-0.2, -0.15) is 0 Å². The Balaban J connectivity index is 2.57. The summed E-state index contributed by atoms with van der Waals surface area (Å²) in [6, 6.07) is 4.56. The molecular weight excluding hydrogens is 209 g/mol. The van der Waals surface area contributed by atoms with E-state index in [1.54, 1.807) is 26.0 Å². The summed E-state index contributed by atoms with van der Waals surface area (Å²) in [5, 5.41) is 0. The molecular formula is C12H10FNO2. The highest BCUT2D eigenvalue weighted by Crippen LogP contribution is 2.24. The first-order valence-corrected chi connectivity index (χ1v) is 4.81. The number of nitrogens with zero attached hydrogens (tertiary/aromatic N) is 1. The van der Waals surface area contributed by atoms with Crippen LogP contribution in [0, 0.1) is 19.7 Å². The number of carbonyl (C=O) groups is 1. The zero-order valence-electron chi connectivity index (χ0n) is 8.95. The fourth-order valence-corrected chi connectivity index (χ4v) is 1.52. The minimum absolute atomic E-state index is 0.170. The number of hydrogen-bond donors (Lipinski definition) is 0. The highest BCUT2D eigenvalue weighted by molar-refractivity contribution is 5.82. The molecule has 4 heteroatoms. The standard InChI is InChI=1S/C12H10FNO2/c1-7-5-9(3-4-10(7)13)12-11(6-15)16-8(2)14-12/h3-6H,1-2H3. The first-order valence-electron chi connectivity index (χ1n) is 4.81. The van der Waals surface area contributed by atoms with Crippen LogP contribution in [-0.2, 0) is 0 Å². The molecule has 0 saturated heterocycles. The third-order valence-corrected chi connectivity index (χ3v) is 2.30. The monoisotopic (exact) mass is 219 g/mol. The van der Waals surface area contributed by atoms with Gasteiger partial charge in [0.2, 0.25) is 0 Å². The second-order valence-electron chi connectivity index (χ2n) is 3.53. The second-order valence-corrected chi connectivity index (χ2v) is 3.53. The van der Waals surface area contributed by atoms with Crippen LogP contribution in [-0.4, -0.2) is 11.3 Å². The lowest BCUT2D eigenvalue weighted by atomic mass is 10.1. The van der Waals surface area contributed by atoms with Crippen molar-refractivity contribution in [1.82, 2.24) is 4.98 Å². The van der Waals surface area contributed by atoms with Gasteiger partial charge in [0.25, 0.3) is 0 Å². The average Bonchev–Trinajstić information content (AvgIpc) is 2.63. The number of benzene rings is 1. The summed E-state index contributed by atoms with van der Waals surface area (Å²) in [4.78, 5) is 14.9. The van der Waals surface area contributed by atoms with Crippen LogP contribution in [0.3, 0.4) is 0 Å². The van der Waals surface area contributed by atoms with Crippen LogP contribution in [0.25, 0.3) is 11.3 Å². The van der Waals surface area contributed by atoms with Gasteiger partial charge in [-0.1, -0.05) is 0 Å². The lowest BCUT2D eigenvalue weighted by Crippen LogP contribution is -1.87. The highest BCUT2D eigenvalue weighted by Gasteiger charge is 2.13. The summed E-state index contributed by atoms with van der Waals surface area (Å²) >= 11 is 0. The van der Waals surface area contributed by atoms with E-state index in [-0.39, 0.29) is 11.6 Å². The van der Waals surface area contributed by atoms with Gasteiger partial charge in [-0.05, 0) is 30.7 Å². The third kappa shape index (κ3) is 1.74. The Labute approximate surface area is 91.9 Å². The highest BCUT2D eigenvalue weighted by atomic mass is 19.1. The van der Waals surface area contributed by atoms with Crippen molar-refractivity contribution in [3.8, 4) is 11.3 Å². The lowest BCUT2D eigenvalue weighted by molar-refractivity contribution is 0.110. The molecule has 82 valence electrons. The zero-order valence-corrected chi connectivity index (χ0v) is 8.95. The van der Waals surface area contributed by atoms with Crippen molar-refractivity contribution in [2.24, 2.45) is 0 Å². The van der Waals surface area contributed by atoms with Crippen LogP contribution in [0.2, 0.25) is 0 Å². The van der Waals surface area contributed by atoms with Crippen molar-refractivity contribution in [2.75, 3.05) is 0 Å². The quantitative estimate of drug-likeness (QED) is 0.729. The van der Waals surface area contributed by atoms with Gasteiger partial charge in [0, 0.05) is 12.5 Å². The van der Waals surface area contributed by atoms with Gasteiger partial charge in [-0.15, -0.1) is 0 Å². The van der Waals surface area contributed by atoms with Crippen molar-refractivity contribution in [2.45, 2.75) is 13.8 Å². The molecule has 3 nitrogen and oxygen atoms in total. The Morgan fingerprint density at radius 2 is 2.12 bits per heavy atom. The molecule has 0 fully saturated rings. The Bertz CT molecular complexity index is 546. The SMILES string of the molecule is Cc1nc(-c2ccc(F)c(C)c2)c(C=O)o1. The molecule has 0 aliphatic rings. The summed E-state index contributed by atoms with van der Waals surface area (Å²) in [5.74, 6) is 0.305. The molecule has 0 atom stereocenters. The van der Waals surface area contributed by atoms with Crippen LogP contribution < -0.4 is 0 Å². The van der Waals surface area contributed by atoms with Crippen molar-refractivity contribution in [3.63, 3.8) is 0 Å². The predicted octanol–water partition coefficient (Wildman–Crippen LogP) is 2.91. The van der Waals surface area contributed by atoms with Gasteiger partial charge >= 0.3 is 0 Å². The molecule has 2 rings (SSSR count). The summed E-state index contributed by atoms with van der Waals surface area (Å²) in [5.41, 5.74) is 1.64. The van der Waals surface area contributed by atoms with Crippen LogP contribution in [0.1, 0.15) is 22.0 Å². The van der Waals surface area contributed by atoms with Gasteiger partial charge in [-0.25, -0.2) is 9.37 Å². The first-order chi connectivity index (χ1) is 7.61. The number of aldehydes is 1. The fraction of sp³-hybridized carbons (Fsp3) is 0.167. The third-order valence-electron chi connectivity index (χ3n) is 2.30. The van der Waals surface area contributed by atoms with Gasteiger partial charge < -0.3 is 4.42 Å². The zero-order chi connectivity index (χ0) is 11.7. The smallest absolute Gasteiger partial charge is 0.195 e. The summed E-state index contributed by atoms with van der Waals surface area (Å²) in [7, 11) is 0. The Hall–Kier alpha value is -1.97. The van der Waals surface area contributed by atoms with Gasteiger partial charge in [0.05, 0.1) is 0 Å². The molecule has 0 aliphatic heterocycles. The molecule has 2 aromatic rings. The van der Waals surface area contributed by atoms with Gasteiger partial charge in [-0.3, -0.25) is 4.79 Å². The number of carbonyl (C=O) groups excluding carboxylic acids is 1. The molecule has 0 radical (unpaired) electrons. The van der Waals surface area contributed by atoms with Crippen LogP contribution in [0.4, 0.5) is 4.39 Å². The van der Waals surface area contributed by atoms with E-state index < -0.39 is 0 Å². The molecule has 0 N–H and O–H groups in total. The van der Waals surface area contributed by atoms with Crippen molar-refractivity contribution >= 4 is 6.29 Å². The van der Waals surface area contributed by atoms with E-state index in [4.69, 9.17) is 4.42 Å². The van der Waals surface area contributed by atoms with Gasteiger partial charge in [0.1, 0.15) is 11.5 Å². The predicted molar refractivity (Wildman–Crippen MR) is 56.8 cm³/mol. The largest absolute Gasteiger partial charge is 0.438 e. The van der Waals surface area contributed by atoms with Crippen LogP contribution in [0.5, 0.6) is 0 Å². The number of aromatic nitrogens is 1. The normalized spacial score (nSPS) is 10.4. The summed E-state index contributed by atoms with van der Waals surface area (Å²) in [6.45, 7) is 3.32. The van der Waals surface area contributed by atoms with E-state index in [1.165, 1.54) is 6.07 Å². The van der Waals surface area contributed by atoms with Crippen LogP contribution in [0.15, 0.2) is 22.6 Å². The maximum atomic E-state index is 13.1. The second kappa shape index (κ2) is 3.89. The van der Waals surface area contributed by atoms with E-state index in [1.807, 2.05) is 0 Å². The van der Waals surface area contributed by atoms with E-state index in [0.29, 0.717) is 29.0 Å². The van der Waals surface area contributed by atoms with E-state index in [2.05, 4.69) is 4.98 Å².